The molecule has 1 aromatic carbocycles. The van der Waals surface area contributed by atoms with Crippen LogP contribution in [0.1, 0.15) is 45.1 Å². The highest BCUT2D eigenvalue weighted by molar-refractivity contribution is 6.09. The zero-order valence-electron chi connectivity index (χ0n) is 18.4. The first kappa shape index (κ1) is 23.9. The van der Waals surface area contributed by atoms with E-state index in [1.165, 1.54) is 6.07 Å². The maximum Gasteiger partial charge on any atom is 0.416 e. The molecule has 176 valence electrons. The number of carbonyl (C=O) groups is 3. The van der Waals surface area contributed by atoms with E-state index in [0.717, 1.165) is 29.9 Å². The van der Waals surface area contributed by atoms with Crippen LogP contribution in [0.3, 0.4) is 0 Å². The molecule has 2 aliphatic rings. The molecule has 0 unspecified atom stereocenters. The van der Waals surface area contributed by atoms with Gasteiger partial charge in [-0.15, -0.1) is 0 Å². The smallest absolute Gasteiger partial charge is 0.368 e. The third kappa shape index (κ3) is 4.83. The maximum atomic E-state index is 13.0. The first-order chi connectivity index (χ1) is 15.1. The molecule has 32 heavy (non-hydrogen) atoms. The number of anilines is 1. The SMILES string of the molecule is CCCC1(CCC)NC(=O)N(CC(=O)N2CCN(c3cccc(C(F)(F)F)c3)CC2)C1=O. The van der Waals surface area contributed by atoms with Crippen molar-refractivity contribution >= 4 is 23.5 Å². The van der Waals surface area contributed by atoms with Crippen molar-refractivity contribution in [3.8, 4) is 0 Å². The molecule has 2 aliphatic heterocycles. The van der Waals surface area contributed by atoms with Crippen LogP contribution in [0.25, 0.3) is 0 Å². The van der Waals surface area contributed by atoms with E-state index in [4.69, 9.17) is 0 Å². The minimum absolute atomic E-state index is 0.299. The third-order valence-electron chi connectivity index (χ3n) is 6.06. The number of nitrogens with one attached hydrogen (secondary N) is 1. The molecule has 2 heterocycles. The summed E-state index contributed by atoms with van der Waals surface area (Å²) in [5.41, 5.74) is -1.21. The minimum Gasteiger partial charge on any atom is -0.368 e. The molecule has 0 saturated carbocycles. The highest BCUT2D eigenvalue weighted by atomic mass is 19.4. The highest BCUT2D eigenvalue weighted by Crippen LogP contribution is 2.32. The molecule has 0 bridgehead atoms. The van der Waals surface area contributed by atoms with Crippen molar-refractivity contribution in [3.63, 3.8) is 0 Å². The molecule has 2 fully saturated rings. The highest BCUT2D eigenvalue weighted by Gasteiger charge is 2.50. The van der Waals surface area contributed by atoms with Crippen molar-refractivity contribution in [2.45, 2.75) is 51.2 Å². The van der Waals surface area contributed by atoms with Crippen molar-refractivity contribution in [2.75, 3.05) is 37.6 Å². The number of urea groups is 1. The van der Waals surface area contributed by atoms with E-state index >= 15 is 0 Å². The van der Waals surface area contributed by atoms with Crippen molar-refractivity contribution < 1.29 is 27.6 Å². The van der Waals surface area contributed by atoms with Gasteiger partial charge in [-0.3, -0.25) is 14.5 Å². The molecule has 3 rings (SSSR count). The molecule has 1 N–H and O–H groups in total. The number of piperazine rings is 1. The summed E-state index contributed by atoms with van der Waals surface area (Å²) in [5.74, 6) is -0.705. The summed E-state index contributed by atoms with van der Waals surface area (Å²) in [6, 6.07) is 4.56. The molecule has 0 aliphatic carbocycles. The number of carbonyl (C=O) groups excluding carboxylic acids is 3. The lowest BCUT2D eigenvalue weighted by molar-refractivity contribution is -0.139. The molecule has 0 atom stereocenters. The number of imide groups is 1. The molecule has 0 radical (unpaired) electrons. The number of hydrogen-bond donors (Lipinski definition) is 1. The van der Waals surface area contributed by atoms with Crippen LogP contribution in [-0.4, -0.2) is 65.9 Å². The van der Waals surface area contributed by atoms with Gasteiger partial charge in [-0.2, -0.15) is 13.2 Å². The fourth-order valence-electron chi connectivity index (χ4n) is 4.47. The van der Waals surface area contributed by atoms with Crippen LogP contribution in [0.2, 0.25) is 0 Å². The Morgan fingerprint density at radius 2 is 1.69 bits per heavy atom. The Balaban J connectivity index is 1.60. The summed E-state index contributed by atoms with van der Waals surface area (Å²) in [6.07, 6.45) is -1.92. The van der Waals surface area contributed by atoms with Gasteiger partial charge in [0.2, 0.25) is 5.91 Å². The normalized spacial score (nSPS) is 18.8. The summed E-state index contributed by atoms with van der Waals surface area (Å²) in [4.78, 5) is 42.5. The van der Waals surface area contributed by atoms with Crippen molar-refractivity contribution in [2.24, 2.45) is 0 Å². The third-order valence-corrected chi connectivity index (χ3v) is 6.06. The molecule has 0 aromatic heterocycles. The van der Waals surface area contributed by atoms with Crippen LogP contribution in [0.15, 0.2) is 24.3 Å². The number of alkyl halides is 3. The number of nitrogens with zero attached hydrogens (tertiary/aromatic N) is 3. The van der Waals surface area contributed by atoms with E-state index in [9.17, 15) is 27.6 Å². The van der Waals surface area contributed by atoms with Crippen LogP contribution >= 0.6 is 0 Å². The summed E-state index contributed by atoms with van der Waals surface area (Å²) >= 11 is 0. The summed E-state index contributed by atoms with van der Waals surface area (Å²) in [5, 5.41) is 2.79. The average molecular weight is 454 g/mol. The fraction of sp³-hybridized carbons (Fsp3) is 0.591. The Kier molecular flexibility index (Phi) is 7.00. The minimum atomic E-state index is -4.42. The predicted octanol–water partition coefficient (Wildman–Crippen LogP) is 3.24. The first-order valence-corrected chi connectivity index (χ1v) is 11.0. The molecule has 0 spiro atoms. The van der Waals surface area contributed by atoms with Crippen LogP contribution < -0.4 is 10.2 Å². The second-order valence-corrected chi connectivity index (χ2v) is 8.32. The number of hydrogen-bond acceptors (Lipinski definition) is 4. The lowest BCUT2D eigenvalue weighted by Crippen LogP contribution is -2.52. The molecule has 2 saturated heterocycles. The Morgan fingerprint density at radius 1 is 1.06 bits per heavy atom. The average Bonchev–Trinajstić information content (AvgIpc) is 2.98. The standard InChI is InChI=1S/C22H29F3N4O3/c1-3-8-21(9-4-2)19(31)29(20(32)26-21)15-18(30)28-12-10-27(11-13-28)17-7-5-6-16(14-17)22(23,24)25/h5-7,14H,3-4,8-13,15H2,1-2H3,(H,26,32). The van der Waals surface area contributed by atoms with E-state index in [2.05, 4.69) is 5.32 Å². The van der Waals surface area contributed by atoms with Crippen molar-refractivity contribution in [3.05, 3.63) is 29.8 Å². The van der Waals surface area contributed by atoms with E-state index < -0.39 is 23.3 Å². The summed E-state index contributed by atoms with van der Waals surface area (Å²) < 4.78 is 38.9. The monoisotopic (exact) mass is 454 g/mol. The van der Waals surface area contributed by atoms with E-state index in [-0.39, 0.29) is 18.4 Å². The van der Waals surface area contributed by atoms with Gasteiger partial charge >= 0.3 is 12.2 Å². The van der Waals surface area contributed by atoms with E-state index in [1.54, 1.807) is 15.9 Å². The topological polar surface area (TPSA) is 73.0 Å². The van der Waals surface area contributed by atoms with Crippen LogP contribution in [0.5, 0.6) is 0 Å². The Bertz CT molecular complexity index is 860. The molecule has 10 heteroatoms. The predicted molar refractivity (Wildman–Crippen MR) is 113 cm³/mol. The molecule has 4 amide bonds. The Morgan fingerprint density at radius 3 is 2.25 bits per heavy atom. The first-order valence-electron chi connectivity index (χ1n) is 11.0. The number of amides is 4. The van der Waals surface area contributed by atoms with E-state index in [0.29, 0.717) is 44.7 Å². The second kappa shape index (κ2) is 9.38. The molecule has 7 nitrogen and oxygen atoms in total. The molecular formula is C22H29F3N4O3. The second-order valence-electron chi connectivity index (χ2n) is 8.32. The van der Waals surface area contributed by atoms with E-state index in [1.807, 2.05) is 13.8 Å². The van der Waals surface area contributed by atoms with Crippen molar-refractivity contribution in [1.82, 2.24) is 15.1 Å². The van der Waals surface area contributed by atoms with Crippen LogP contribution in [0.4, 0.5) is 23.7 Å². The van der Waals surface area contributed by atoms with Gasteiger partial charge in [0.1, 0.15) is 12.1 Å². The van der Waals surface area contributed by atoms with Gasteiger partial charge in [0.15, 0.2) is 0 Å². The lowest BCUT2D eigenvalue weighted by atomic mass is 9.88. The fourth-order valence-corrected chi connectivity index (χ4v) is 4.47. The number of benzene rings is 1. The number of rotatable bonds is 7. The van der Waals surface area contributed by atoms with Gasteiger partial charge in [-0.05, 0) is 31.0 Å². The van der Waals surface area contributed by atoms with Gasteiger partial charge in [0.25, 0.3) is 5.91 Å². The summed E-state index contributed by atoms with van der Waals surface area (Å²) in [7, 11) is 0. The van der Waals surface area contributed by atoms with Gasteiger partial charge in [-0.25, -0.2) is 4.79 Å². The quantitative estimate of drug-likeness (QED) is 0.642. The maximum absolute atomic E-state index is 13.0. The van der Waals surface area contributed by atoms with Gasteiger partial charge in [0.05, 0.1) is 5.56 Å². The zero-order chi connectivity index (χ0) is 23.5. The molecular weight excluding hydrogens is 425 g/mol. The van der Waals surface area contributed by atoms with Gasteiger partial charge in [-0.1, -0.05) is 32.8 Å². The largest absolute Gasteiger partial charge is 0.416 e. The van der Waals surface area contributed by atoms with Crippen LogP contribution in [0, 0.1) is 0 Å². The van der Waals surface area contributed by atoms with Crippen LogP contribution in [-0.2, 0) is 15.8 Å². The van der Waals surface area contributed by atoms with Gasteiger partial charge in [0, 0.05) is 31.9 Å². The van der Waals surface area contributed by atoms with Gasteiger partial charge < -0.3 is 15.1 Å². The lowest BCUT2D eigenvalue weighted by Gasteiger charge is -2.36. The van der Waals surface area contributed by atoms with Crippen molar-refractivity contribution in [1.29, 1.82) is 0 Å². The number of halogens is 3. The Labute approximate surface area is 185 Å². The molecule has 1 aromatic rings. The zero-order valence-corrected chi connectivity index (χ0v) is 18.4. The summed E-state index contributed by atoms with van der Waals surface area (Å²) in [6.45, 7) is 4.87. The Hall–Kier alpha value is -2.78.